The minimum Gasteiger partial charge on any atom is -0.396 e. The lowest BCUT2D eigenvalue weighted by atomic mass is 10.1. The maximum absolute atomic E-state index is 8.71. The molecule has 0 saturated heterocycles. The molecule has 0 aliphatic rings. The van der Waals surface area contributed by atoms with E-state index < -0.39 is 0 Å². The molecule has 0 aliphatic carbocycles. The number of aliphatic hydroxyl groups excluding tert-OH is 1. The Bertz CT molecular complexity index is 394. The highest BCUT2D eigenvalue weighted by molar-refractivity contribution is 5.33. The number of hydrogen-bond donors (Lipinski definition) is 1. The first kappa shape index (κ1) is 9.86. The van der Waals surface area contributed by atoms with Crippen LogP contribution in [0.1, 0.15) is 12.0 Å². The van der Waals surface area contributed by atoms with E-state index >= 15 is 0 Å². The van der Waals surface area contributed by atoms with Gasteiger partial charge in [0, 0.05) is 6.61 Å². The fraction of sp³-hybridized carbons (Fsp3) is 0.273. The van der Waals surface area contributed by atoms with Gasteiger partial charge in [-0.3, -0.25) is 0 Å². The van der Waals surface area contributed by atoms with Crippen molar-refractivity contribution in [3.05, 3.63) is 42.2 Å². The van der Waals surface area contributed by atoms with Crippen molar-refractivity contribution in [3.63, 3.8) is 0 Å². The topological polar surface area (TPSA) is 50.9 Å². The van der Waals surface area contributed by atoms with Crippen molar-refractivity contribution in [3.8, 4) is 5.69 Å². The molecule has 0 atom stereocenters. The molecule has 1 heterocycles. The van der Waals surface area contributed by atoms with Crippen LogP contribution in [0.25, 0.3) is 5.69 Å². The Hall–Kier alpha value is -1.68. The average molecular weight is 203 g/mol. The van der Waals surface area contributed by atoms with Gasteiger partial charge >= 0.3 is 0 Å². The van der Waals surface area contributed by atoms with Gasteiger partial charge < -0.3 is 5.11 Å². The van der Waals surface area contributed by atoms with Crippen molar-refractivity contribution >= 4 is 0 Å². The summed E-state index contributed by atoms with van der Waals surface area (Å²) in [5.41, 5.74) is 2.23. The van der Waals surface area contributed by atoms with Crippen LogP contribution in [0.2, 0.25) is 0 Å². The number of aromatic nitrogens is 3. The quantitative estimate of drug-likeness (QED) is 0.812. The molecule has 0 bridgehead atoms. The second-order valence-corrected chi connectivity index (χ2v) is 3.34. The highest BCUT2D eigenvalue weighted by Crippen LogP contribution is 2.09. The summed E-state index contributed by atoms with van der Waals surface area (Å²) in [4.78, 5) is 0. The van der Waals surface area contributed by atoms with Crippen LogP contribution < -0.4 is 0 Å². The summed E-state index contributed by atoms with van der Waals surface area (Å²) in [6.45, 7) is 0.241. The first-order chi connectivity index (χ1) is 7.40. The van der Waals surface area contributed by atoms with Crippen LogP contribution in [0.5, 0.6) is 0 Å². The van der Waals surface area contributed by atoms with Crippen molar-refractivity contribution in [1.82, 2.24) is 15.0 Å². The molecule has 4 heteroatoms. The van der Waals surface area contributed by atoms with Crippen LogP contribution in [0, 0.1) is 0 Å². The summed E-state index contributed by atoms with van der Waals surface area (Å²) in [6, 6.07) is 8.10. The maximum atomic E-state index is 8.71. The van der Waals surface area contributed by atoms with Crippen molar-refractivity contribution < 1.29 is 5.11 Å². The summed E-state index contributed by atoms with van der Waals surface area (Å²) in [7, 11) is 0. The highest BCUT2D eigenvalue weighted by Gasteiger charge is 1.97. The van der Waals surface area contributed by atoms with Gasteiger partial charge in [-0.05, 0) is 30.5 Å². The molecule has 1 aromatic carbocycles. The Morgan fingerprint density at radius 2 is 2.00 bits per heavy atom. The molecule has 78 valence electrons. The van der Waals surface area contributed by atoms with Gasteiger partial charge in [-0.1, -0.05) is 17.3 Å². The van der Waals surface area contributed by atoms with E-state index in [0.29, 0.717) is 0 Å². The van der Waals surface area contributed by atoms with Gasteiger partial charge in [-0.2, -0.15) is 0 Å². The molecular formula is C11H13N3O. The third-order valence-electron chi connectivity index (χ3n) is 2.25. The predicted octanol–water partition coefficient (Wildman–Crippen LogP) is 1.19. The molecule has 2 aromatic rings. The van der Waals surface area contributed by atoms with E-state index in [0.717, 1.165) is 18.5 Å². The Labute approximate surface area is 88.2 Å². The Balaban J connectivity index is 2.11. The lowest BCUT2D eigenvalue weighted by Gasteiger charge is -2.02. The number of nitrogens with zero attached hydrogens (tertiary/aromatic N) is 3. The fourth-order valence-electron chi connectivity index (χ4n) is 1.44. The molecule has 4 nitrogen and oxygen atoms in total. The van der Waals surface area contributed by atoms with Crippen molar-refractivity contribution in [2.24, 2.45) is 0 Å². The maximum Gasteiger partial charge on any atom is 0.0697 e. The van der Waals surface area contributed by atoms with Gasteiger partial charge in [0.15, 0.2) is 0 Å². The summed E-state index contributed by atoms with van der Waals surface area (Å²) in [6.07, 6.45) is 5.18. The van der Waals surface area contributed by atoms with Gasteiger partial charge in [-0.15, -0.1) is 5.10 Å². The van der Waals surface area contributed by atoms with Crippen molar-refractivity contribution in [2.45, 2.75) is 12.8 Å². The number of aryl methyl sites for hydroxylation is 1. The molecule has 0 radical (unpaired) electrons. The second kappa shape index (κ2) is 4.70. The molecule has 0 unspecified atom stereocenters. The fourth-order valence-corrected chi connectivity index (χ4v) is 1.44. The van der Waals surface area contributed by atoms with E-state index in [1.54, 1.807) is 10.9 Å². The van der Waals surface area contributed by atoms with Crippen LogP contribution in [0.3, 0.4) is 0 Å². The molecule has 0 saturated carbocycles. The predicted molar refractivity (Wildman–Crippen MR) is 56.8 cm³/mol. The Morgan fingerprint density at radius 3 is 2.60 bits per heavy atom. The number of aliphatic hydroxyl groups is 1. The first-order valence-corrected chi connectivity index (χ1v) is 4.96. The van der Waals surface area contributed by atoms with Gasteiger partial charge in [0.25, 0.3) is 0 Å². The molecule has 0 amide bonds. The van der Waals surface area contributed by atoms with E-state index in [4.69, 9.17) is 5.11 Å². The van der Waals surface area contributed by atoms with Gasteiger partial charge in [0.2, 0.25) is 0 Å². The normalized spacial score (nSPS) is 10.5. The lowest BCUT2D eigenvalue weighted by molar-refractivity contribution is 0.288. The number of rotatable bonds is 4. The molecule has 0 aliphatic heterocycles. The minimum atomic E-state index is 0.241. The zero-order chi connectivity index (χ0) is 10.5. The Morgan fingerprint density at radius 1 is 1.20 bits per heavy atom. The zero-order valence-corrected chi connectivity index (χ0v) is 8.37. The van der Waals surface area contributed by atoms with Crippen LogP contribution >= 0.6 is 0 Å². The summed E-state index contributed by atoms with van der Waals surface area (Å²) >= 11 is 0. The zero-order valence-electron chi connectivity index (χ0n) is 8.37. The first-order valence-electron chi connectivity index (χ1n) is 4.96. The Kier molecular flexibility index (Phi) is 3.09. The molecule has 2 rings (SSSR count). The number of benzene rings is 1. The van der Waals surface area contributed by atoms with Gasteiger partial charge in [0.05, 0.1) is 18.1 Å². The largest absolute Gasteiger partial charge is 0.396 e. The lowest BCUT2D eigenvalue weighted by Crippen LogP contribution is -1.95. The molecule has 0 spiro atoms. The summed E-state index contributed by atoms with van der Waals surface area (Å²) < 4.78 is 1.72. The molecule has 15 heavy (non-hydrogen) atoms. The van der Waals surface area contributed by atoms with Crippen molar-refractivity contribution in [2.75, 3.05) is 6.61 Å². The summed E-state index contributed by atoms with van der Waals surface area (Å²) in [5.74, 6) is 0. The standard InChI is InChI=1S/C11H13N3O/c15-9-1-2-10-3-5-11(6-4-10)14-8-7-12-13-14/h3-8,15H,1-2,9H2. The third kappa shape index (κ3) is 2.41. The van der Waals surface area contributed by atoms with E-state index in [1.807, 2.05) is 30.5 Å². The van der Waals surface area contributed by atoms with Crippen LogP contribution in [-0.2, 0) is 6.42 Å². The number of hydrogen-bond acceptors (Lipinski definition) is 3. The van der Waals surface area contributed by atoms with Crippen LogP contribution in [0.4, 0.5) is 0 Å². The summed E-state index contributed by atoms with van der Waals surface area (Å²) in [5, 5.41) is 16.4. The molecule has 1 N–H and O–H groups in total. The average Bonchev–Trinajstić information content (AvgIpc) is 2.80. The van der Waals surface area contributed by atoms with E-state index in [1.165, 1.54) is 5.56 Å². The van der Waals surface area contributed by atoms with Crippen LogP contribution in [-0.4, -0.2) is 26.7 Å². The molecular weight excluding hydrogens is 190 g/mol. The molecule has 1 aromatic heterocycles. The van der Waals surface area contributed by atoms with E-state index in [9.17, 15) is 0 Å². The SMILES string of the molecule is OCCCc1ccc(-n2ccnn2)cc1. The van der Waals surface area contributed by atoms with Gasteiger partial charge in [0.1, 0.15) is 0 Å². The smallest absolute Gasteiger partial charge is 0.0697 e. The second-order valence-electron chi connectivity index (χ2n) is 3.34. The van der Waals surface area contributed by atoms with E-state index in [-0.39, 0.29) is 6.61 Å². The third-order valence-corrected chi connectivity index (χ3v) is 2.25. The van der Waals surface area contributed by atoms with E-state index in [2.05, 4.69) is 10.3 Å². The minimum absolute atomic E-state index is 0.241. The van der Waals surface area contributed by atoms with Gasteiger partial charge in [-0.25, -0.2) is 4.68 Å². The van der Waals surface area contributed by atoms with Crippen LogP contribution in [0.15, 0.2) is 36.7 Å². The molecule has 0 fully saturated rings. The van der Waals surface area contributed by atoms with Crippen molar-refractivity contribution in [1.29, 1.82) is 0 Å². The monoisotopic (exact) mass is 203 g/mol. The highest BCUT2D eigenvalue weighted by atomic mass is 16.2.